The Morgan fingerprint density at radius 3 is 2.56 bits per heavy atom. The molecule has 1 aliphatic rings. The number of methoxy groups -OCH3 is 2. The van der Waals surface area contributed by atoms with Crippen LogP contribution >= 0.6 is 0 Å². The van der Waals surface area contributed by atoms with E-state index in [1.54, 1.807) is 48.7 Å². The zero-order chi connectivity index (χ0) is 22.4. The Labute approximate surface area is 183 Å². The number of pyridine rings is 1. The molecule has 0 N–H and O–H groups in total. The summed E-state index contributed by atoms with van der Waals surface area (Å²) >= 11 is 0. The number of carbonyl (C=O) groups excluding carboxylic acids is 1. The van der Waals surface area contributed by atoms with Crippen LogP contribution < -0.4 is 19.8 Å². The first kappa shape index (κ1) is 19.8. The van der Waals surface area contributed by atoms with Crippen molar-refractivity contribution in [2.75, 3.05) is 19.1 Å². The molecule has 0 radical (unpaired) electrons. The zero-order valence-electron chi connectivity index (χ0n) is 17.8. The highest BCUT2D eigenvalue weighted by Crippen LogP contribution is 2.45. The zero-order valence-corrected chi connectivity index (χ0v) is 17.8. The van der Waals surface area contributed by atoms with Gasteiger partial charge >= 0.3 is 0 Å². The predicted molar refractivity (Wildman–Crippen MR) is 120 cm³/mol. The fourth-order valence-corrected chi connectivity index (χ4v) is 4.24. The second kappa shape index (κ2) is 7.53. The van der Waals surface area contributed by atoms with Crippen molar-refractivity contribution in [1.29, 1.82) is 0 Å². The van der Waals surface area contributed by atoms with Gasteiger partial charge in [-0.05, 0) is 37.3 Å². The van der Waals surface area contributed by atoms with Crippen molar-refractivity contribution in [3.8, 4) is 11.5 Å². The number of nitrogens with zero attached hydrogens (tertiary/aromatic N) is 2. The summed E-state index contributed by atoms with van der Waals surface area (Å²) < 4.78 is 17.1. The molecule has 2 aromatic carbocycles. The number of anilines is 1. The molecule has 7 heteroatoms. The molecule has 0 bridgehead atoms. The number of benzene rings is 2. The van der Waals surface area contributed by atoms with Gasteiger partial charge in [-0.3, -0.25) is 14.5 Å². The number of rotatable bonds is 4. The number of aromatic nitrogens is 1. The van der Waals surface area contributed by atoms with Crippen LogP contribution in [0.3, 0.4) is 0 Å². The number of aryl methyl sites for hydroxylation is 1. The van der Waals surface area contributed by atoms with Gasteiger partial charge in [-0.15, -0.1) is 0 Å². The van der Waals surface area contributed by atoms with Crippen LogP contribution in [-0.4, -0.2) is 25.1 Å². The van der Waals surface area contributed by atoms with E-state index in [1.807, 2.05) is 19.1 Å². The minimum absolute atomic E-state index is 0.00637. The van der Waals surface area contributed by atoms with Crippen molar-refractivity contribution >= 4 is 22.7 Å². The van der Waals surface area contributed by atoms with Crippen molar-refractivity contribution in [2.45, 2.75) is 13.0 Å². The molecular weight excluding hydrogens is 408 g/mol. The molecule has 160 valence electrons. The van der Waals surface area contributed by atoms with E-state index >= 15 is 0 Å². The van der Waals surface area contributed by atoms with Crippen molar-refractivity contribution < 1.29 is 18.7 Å². The number of hydrogen-bond acceptors (Lipinski definition) is 6. The molecule has 7 nitrogen and oxygen atoms in total. The Morgan fingerprint density at radius 2 is 1.84 bits per heavy atom. The summed E-state index contributed by atoms with van der Waals surface area (Å²) in [4.78, 5) is 33.1. The van der Waals surface area contributed by atoms with E-state index in [0.29, 0.717) is 33.8 Å². The van der Waals surface area contributed by atoms with Gasteiger partial charge in [0.25, 0.3) is 5.91 Å². The minimum Gasteiger partial charge on any atom is -0.493 e. The molecule has 0 saturated heterocycles. The van der Waals surface area contributed by atoms with Crippen molar-refractivity contribution in [2.24, 2.45) is 0 Å². The number of para-hydroxylation sites is 1. The molecule has 32 heavy (non-hydrogen) atoms. The van der Waals surface area contributed by atoms with Crippen molar-refractivity contribution in [3.05, 3.63) is 93.5 Å². The van der Waals surface area contributed by atoms with E-state index in [2.05, 4.69) is 4.98 Å². The predicted octanol–water partition coefficient (Wildman–Crippen LogP) is 4.26. The van der Waals surface area contributed by atoms with E-state index in [9.17, 15) is 9.59 Å². The molecule has 1 atom stereocenters. The molecule has 4 aromatic rings. The number of carbonyl (C=O) groups is 1. The van der Waals surface area contributed by atoms with Crippen LogP contribution in [0.2, 0.25) is 0 Å². The monoisotopic (exact) mass is 428 g/mol. The third-order valence-corrected chi connectivity index (χ3v) is 5.65. The Kier molecular flexibility index (Phi) is 4.66. The summed E-state index contributed by atoms with van der Waals surface area (Å²) in [6, 6.07) is 15.2. The molecule has 2 aromatic heterocycles. The lowest BCUT2D eigenvalue weighted by Gasteiger charge is -2.26. The average molecular weight is 428 g/mol. The topological polar surface area (TPSA) is 81.9 Å². The maximum Gasteiger partial charge on any atom is 0.296 e. The summed E-state index contributed by atoms with van der Waals surface area (Å²) in [5, 5.41) is 0.422. The standard InChI is InChI=1S/C25H20N2O5/c1-14-10-11-17-16(13-14)22(28)20-21(15-7-6-8-18(30-2)23(15)31-3)27(25(29)24(20)32-17)19-9-4-5-12-26-19/h4-13,21H,1-3H3/t21-/m1/s1. The number of hydrogen-bond donors (Lipinski definition) is 0. The van der Waals surface area contributed by atoms with E-state index in [1.165, 1.54) is 19.1 Å². The molecule has 0 unspecified atom stereocenters. The summed E-state index contributed by atoms with van der Waals surface area (Å²) in [7, 11) is 3.06. The lowest BCUT2D eigenvalue weighted by Crippen LogP contribution is -2.30. The summed E-state index contributed by atoms with van der Waals surface area (Å²) in [6.45, 7) is 1.90. The first-order chi connectivity index (χ1) is 15.5. The van der Waals surface area contributed by atoms with Gasteiger partial charge in [-0.1, -0.05) is 29.8 Å². The fraction of sp³-hybridized carbons (Fsp3) is 0.160. The summed E-state index contributed by atoms with van der Waals surface area (Å²) in [5.74, 6) is 0.900. The van der Waals surface area contributed by atoms with Gasteiger partial charge < -0.3 is 13.9 Å². The number of amides is 1. The molecule has 0 spiro atoms. The van der Waals surface area contributed by atoms with Gasteiger partial charge in [0, 0.05) is 11.8 Å². The second-order valence-corrected chi connectivity index (χ2v) is 7.52. The highest BCUT2D eigenvalue weighted by molar-refractivity contribution is 6.10. The van der Waals surface area contributed by atoms with E-state index in [-0.39, 0.29) is 16.8 Å². The first-order valence-corrected chi connectivity index (χ1v) is 10.1. The molecule has 5 rings (SSSR count). The van der Waals surface area contributed by atoms with Gasteiger partial charge in [-0.2, -0.15) is 0 Å². The van der Waals surface area contributed by atoms with Gasteiger partial charge in [0.15, 0.2) is 16.9 Å². The van der Waals surface area contributed by atoms with Gasteiger partial charge in [-0.25, -0.2) is 4.98 Å². The highest BCUT2D eigenvalue weighted by Gasteiger charge is 2.45. The largest absolute Gasteiger partial charge is 0.493 e. The normalized spacial score (nSPS) is 15.2. The van der Waals surface area contributed by atoms with E-state index in [4.69, 9.17) is 13.9 Å². The Balaban J connectivity index is 1.87. The van der Waals surface area contributed by atoms with Gasteiger partial charge in [0.05, 0.1) is 25.2 Å². The maximum atomic E-state index is 13.7. The lowest BCUT2D eigenvalue weighted by molar-refractivity contribution is 0.0970. The highest BCUT2D eigenvalue weighted by atomic mass is 16.5. The van der Waals surface area contributed by atoms with Crippen LogP contribution in [0.1, 0.15) is 33.3 Å². The maximum absolute atomic E-state index is 13.7. The van der Waals surface area contributed by atoms with Crippen LogP contribution in [0.4, 0.5) is 5.82 Å². The van der Waals surface area contributed by atoms with E-state index in [0.717, 1.165) is 5.56 Å². The third-order valence-electron chi connectivity index (χ3n) is 5.65. The van der Waals surface area contributed by atoms with Crippen molar-refractivity contribution in [3.63, 3.8) is 0 Å². The first-order valence-electron chi connectivity index (χ1n) is 10.1. The molecule has 0 fully saturated rings. The third kappa shape index (κ3) is 2.85. The number of fused-ring (bicyclic) bond motifs is 2. The van der Waals surface area contributed by atoms with Crippen LogP contribution in [-0.2, 0) is 0 Å². The Hall–Kier alpha value is -4.13. The van der Waals surface area contributed by atoms with Gasteiger partial charge in [0.1, 0.15) is 17.4 Å². The van der Waals surface area contributed by atoms with Gasteiger partial charge in [0.2, 0.25) is 5.76 Å². The molecule has 0 aliphatic carbocycles. The van der Waals surface area contributed by atoms with Crippen LogP contribution in [0.5, 0.6) is 11.5 Å². The van der Waals surface area contributed by atoms with E-state index < -0.39 is 11.9 Å². The Morgan fingerprint density at radius 1 is 1.00 bits per heavy atom. The molecule has 1 amide bonds. The minimum atomic E-state index is -0.793. The van der Waals surface area contributed by atoms with Crippen molar-refractivity contribution in [1.82, 2.24) is 4.98 Å². The smallest absolute Gasteiger partial charge is 0.296 e. The fourth-order valence-electron chi connectivity index (χ4n) is 4.24. The molecule has 3 heterocycles. The van der Waals surface area contributed by atoms with Crippen LogP contribution in [0.15, 0.2) is 70.0 Å². The summed E-state index contributed by atoms with van der Waals surface area (Å²) in [6.07, 6.45) is 1.60. The Bertz CT molecular complexity index is 1410. The quantitative estimate of drug-likeness (QED) is 0.483. The van der Waals surface area contributed by atoms with Crippen LogP contribution in [0.25, 0.3) is 11.0 Å². The average Bonchev–Trinajstić information content (AvgIpc) is 3.11. The summed E-state index contributed by atoms with van der Waals surface area (Å²) in [5.41, 5.74) is 1.89. The SMILES string of the molecule is COc1cccc([C@@H]2c3c(oc4ccc(C)cc4c3=O)C(=O)N2c2ccccn2)c1OC. The molecule has 0 saturated carbocycles. The molecular formula is C25H20N2O5. The second-order valence-electron chi connectivity index (χ2n) is 7.52. The molecule has 1 aliphatic heterocycles. The van der Waals surface area contributed by atoms with Crippen LogP contribution in [0, 0.1) is 6.92 Å². The lowest BCUT2D eigenvalue weighted by atomic mass is 9.97. The number of ether oxygens (including phenoxy) is 2.